The van der Waals surface area contributed by atoms with Crippen LogP contribution in [0, 0.1) is 6.92 Å². The first-order chi connectivity index (χ1) is 19.0. The number of nitrogens with zero attached hydrogens (tertiary/aromatic N) is 2. The van der Waals surface area contributed by atoms with E-state index in [1.165, 1.54) is 29.2 Å². The molecule has 214 valence electrons. The van der Waals surface area contributed by atoms with Gasteiger partial charge in [0.2, 0.25) is 11.8 Å². The number of benzene rings is 3. The Balaban J connectivity index is 2.07. The first-order valence-corrected chi connectivity index (χ1v) is 15.4. The summed E-state index contributed by atoms with van der Waals surface area (Å²) in [5, 5.41) is 3.80. The molecule has 2 amide bonds. The van der Waals surface area contributed by atoms with Gasteiger partial charge in [-0.05, 0) is 80.3 Å². The smallest absolute Gasteiger partial charge is 0.264 e. The van der Waals surface area contributed by atoms with Gasteiger partial charge < -0.3 is 10.2 Å². The highest BCUT2D eigenvalue weighted by molar-refractivity contribution is 7.92. The third-order valence-electron chi connectivity index (χ3n) is 6.66. The zero-order valence-corrected chi connectivity index (χ0v) is 25.4. The van der Waals surface area contributed by atoms with Gasteiger partial charge in [0.1, 0.15) is 12.6 Å². The summed E-state index contributed by atoms with van der Waals surface area (Å²) in [4.78, 5) is 28.8. The van der Waals surface area contributed by atoms with Crippen molar-refractivity contribution in [2.75, 3.05) is 10.8 Å². The van der Waals surface area contributed by atoms with E-state index in [0.717, 1.165) is 16.3 Å². The van der Waals surface area contributed by atoms with Crippen molar-refractivity contribution in [1.82, 2.24) is 10.2 Å². The average molecular weight is 605 g/mol. The van der Waals surface area contributed by atoms with Gasteiger partial charge >= 0.3 is 0 Å². The maximum Gasteiger partial charge on any atom is 0.264 e. The van der Waals surface area contributed by atoms with Crippen LogP contribution in [0.4, 0.5) is 5.69 Å². The van der Waals surface area contributed by atoms with Crippen LogP contribution in [0.25, 0.3) is 0 Å². The summed E-state index contributed by atoms with van der Waals surface area (Å²) >= 11 is 12.4. The molecule has 7 nitrogen and oxygen atoms in total. The lowest BCUT2D eigenvalue weighted by Crippen LogP contribution is -2.53. The Bertz CT molecular complexity index is 1430. The van der Waals surface area contributed by atoms with E-state index in [1.54, 1.807) is 42.5 Å². The number of halogens is 2. The van der Waals surface area contributed by atoms with E-state index in [-0.39, 0.29) is 23.4 Å². The van der Waals surface area contributed by atoms with E-state index in [4.69, 9.17) is 23.2 Å². The van der Waals surface area contributed by atoms with Crippen molar-refractivity contribution >= 4 is 50.7 Å². The molecule has 0 radical (unpaired) electrons. The van der Waals surface area contributed by atoms with Gasteiger partial charge in [-0.25, -0.2) is 8.42 Å². The molecule has 40 heavy (non-hydrogen) atoms. The average Bonchev–Trinajstić information content (AvgIpc) is 2.92. The third kappa shape index (κ3) is 7.77. The highest BCUT2D eigenvalue weighted by atomic mass is 35.5. The van der Waals surface area contributed by atoms with Crippen LogP contribution in [0.2, 0.25) is 10.0 Å². The van der Waals surface area contributed by atoms with Crippen LogP contribution in [-0.4, -0.2) is 43.8 Å². The van der Waals surface area contributed by atoms with Crippen molar-refractivity contribution in [1.29, 1.82) is 0 Å². The molecule has 10 heteroatoms. The van der Waals surface area contributed by atoms with Gasteiger partial charge in [-0.1, -0.05) is 67.4 Å². The van der Waals surface area contributed by atoms with Crippen molar-refractivity contribution in [2.45, 2.75) is 64.1 Å². The molecule has 0 saturated heterocycles. The molecule has 0 bridgehead atoms. The molecule has 3 rings (SSSR count). The first-order valence-electron chi connectivity index (χ1n) is 13.2. The van der Waals surface area contributed by atoms with Gasteiger partial charge in [0, 0.05) is 22.6 Å². The Morgan fingerprint density at radius 1 is 0.925 bits per heavy atom. The number of amides is 2. The van der Waals surface area contributed by atoms with Crippen LogP contribution in [0.5, 0.6) is 0 Å². The topological polar surface area (TPSA) is 86.8 Å². The Labute approximate surface area is 247 Å². The molecule has 0 aliphatic heterocycles. The molecule has 0 heterocycles. The predicted octanol–water partition coefficient (Wildman–Crippen LogP) is 6.22. The lowest BCUT2D eigenvalue weighted by Gasteiger charge is -2.34. The summed E-state index contributed by atoms with van der Waals surface area (Å²) in [7, 11) is -4.17. The Morgan fingerprint density at radius 2 is 1.60 bits per heavy atom. The van der Waals surface area contributed by atoms with Gasteiger partial charge in [0.05, 0.1) is 10.6 Å². The lowest BCUT2D eigenvalue weighted by atomic mass is 10.1. The molecule has 3 aromatic carbocycles. The summed E-state index contributed by atoms with van der Waals surface area (Å²) < 4.78 is 28.9. The number of anilines is 1. The van der Waals surface area contributed by atoms with E-state index in [0.29, 0.717) is 27.7 Å². The fraction of sp³-hybridized carbons (Fsp3) is 0.333. The number of carbonyl (C=O) groups excluding carboxylic acids is 2. The minimum atomic E-state index is -4.17. The fourth-order valence-electron chi connectivity index (χ4n) is 4.22. The van der Waals surface area contributed by atoms with Crippen molar-refractivity contribution < 1.29 is 18.0 Å². The number of rotatable bonds is 12. The zero-order chi connectivity index (χ0) is 29.4. The third-order valence-corrected chi connectivity index (χ3v) is 9.06. The van der Waals surface area contributed by atoms with E-state index in [9.17, 15) is 18.0 Å². The minimum Gasteiger partial charge on any atom is -0.352 e. The maximum atomic E-state index is 14.1. The lowest BCUT2D eigenvalue weighted by molar-refractivity contribution is -0.140. The van der Waals surface area contributed by atoms with Crippen LogP contribution < -0.4 is 9.62 Å². The molecule has 1 N–H and O–H groups in total. The summed E-state index contributed by atoms with van der Waals surface area (Å²) in [5.41, 5.74) is 1.81. The van der Waals surface area contributed by atoms with Crippen LogP contribution >= 0.6 is 23.2 Å². The highest BCUT2D eigenvalue weighted by Crippen LogP contribution is 2.27. The second kappa shape index (κ2) is 14.0. The molecule has 0 unspecified atom stereocenters. The van der Waals surface area contributed by atoms with Gasteiger partial charge in [-0.15, -0.1) is 0 Å². The van der Waals surface area contributed by atoms with E-state index in [1.807, 2.05) is 33.8 Å². The van der Waals surface area contributed by atoms with Gasteiger partial charge in [-0.3, -0.25) is 13.9 Å². The summed E-state index contributed by atoms with van der Waals surface area (Å²) in [6.07, 6.45) is 1.05. The normalized spacial score (nSPS) is 12.8. The molecule has 0 spiro atoms. The van der Waals surface area contributed by atoms with Crippen molar-refractivity contribution in [3.63, 3.8) is 0 Å². The van der Waals surface area contributed by atoms with Gasteiger partial charge in [0.15, 0.2) is 0 Å². The summed E-state index contributed by atoms with van der Waals surface area (Å²) in [6, 6.07) is 18.8. The maximum absolute atomic E-state index is 14.1. The predicted molar refractivity (Wildman–Crippen MR) is 161 cm³/mol. The Kier molecular flexibility index (Phi) is 11.0. The molecule has 0 fully saturated rings. The second-order valence-corrected chi connectivity index (χ2v) is 12.4. The van der Waals surface area contributed by atoms with Gasteiger partial charge in [-0.2, -0.15) is 0 Å². The quantitative estimate of drug-likeness (QED) is 0.266. The van der Waals surface area contributed by atoms with E-state index < -0.39 is 28.5 Å². The molecule has 2 atom stereocenters. The number of aryl methyl sites for hydroxylation is 1. The van der Waals surface area contributed by atoms with Crippen LogP contribution in [0.15, 0.2) is 77.7 Å². The molecule has 3 aromatic rings. The number of nitrogens with one attached hydrogen (secondary N) is 1. The first kappa shape index (κ1) is 31.5. The number of sulfonamides is 1. The van der Waals surface area contributed by atoms with Crippen molar-refractivity contribution in [3.8, 4) is 0 Å². The number of hydrogen-bond acceptors (Lipinski definition) is 4. The van der Waals surface area contributed by atoms with Crippen LogP contribution in [-0.2, 0) is 26.2 Å². The van der Waals surface area contributed by atoms with Crippen LogP contribution in [0.3, 0.4) is 0 Å². The number of carbonyl (C=O) groups is 2. The molecule has 0 aliphatic rings. The summed E-state index contributed by atoms with van der Waals surface area (Å²) in [6.45, 7) is 7.02. The molecule has 0 saturated carbocycles. The molecule has 0 aliphatic carbocycles. The monoisotopic (exact) mass is 603 g/mol. The Hall–Kier alpha value is -3.07. The largest absolute Gasteiger partial charge is 0.352 e. The highest BCUT2D eigenvalue weighted by Gasteiger charge is 2.34. The Morgan fingerprint density at radius 3 is 2.20 bits per heavy atom. The SMILES string of the molecule is CC[C@H](C(=O)N[C@@H](C)CC)N(Cc1ccccc1Cl)C(=O)CN(c1cccc(C)c1)S(=O)(=O)c1ccc(Cl)cc1. The van der Waals surface area contributed by atoms with Gasteiger partial charge in [0.25, 0.3) is 10.0 Å². The van der Waals surface area contributed by atoms with Crippen LogP contribution in [0.1, 0.15) is 44.7 Å². The molecular formula is C30H35Cl2N3O4S. The number of hydrogen-bond donors (Lipinski definition) is 1. The fourth-order valence-corrected chi connectivity index (χ4v) is 5.94. The second-order valence-electron chi connectivity index (χ2n) is 9.66. The van der Waals surface area contributed by atoms with Crippen molar-refractivity contribution in [2.24, 2.45) is 0 Å². The molecular weight excluding hydrogens is 569 g/mol. The summed E-state index contributed by atoms with van der Waals surface area (Å²) in [5.74, 6) is -0.843. The van der Waals surface area contributed by atoms with E-state index in [2.05, 4.69) is 5.32 Å². The minimum absolute atomic E-state index is 0.00887. The van der Waals surface area contributed by atoms with Crippen molar-refractivity contribution in [3.05, 3.63) is 94.0 Å². The standard InChI is InChI=1S/C30H35Cl2N3O4S/c1-5-22(4)33-30(37)28(6-2)34(19-23-11-7-8-13-27(23)32)29(36)20-35(25-12-9-10-21(3)18-25)40(38,39)26-16-14-24(31)15-17-26/h7-18,22,28H,5-6,19-20H2,1-4H3,(H,33,37)/t22-,28+/m0/s1. The van der Waals surface area contributed by atoms with E-state index >= 15 is 0 Å². The molecule has 0 aromatic heterocycles. The zero-order valence-electron chi connectivity index (χ0n) is 23.1.